The quantitative estimate of drug-likeness (QED) is 0.364. The highest BCUT2D eigenvalue weighted by molar-refractivity contribution is 7.18. The lowest BCUT2D eigenvalue weighted by atomic mass is 10.1. The van der Waals surface area contributed by atoms with Crippen LogP contribution in [-0.4, -0.2) is 31.0 Å². The molecule has 1 aromatic heterocycles. The number of rotatable bonds is 9. The first kappa shape index (κ1) is 25.6. The zero-order chi connectivity index (χ0) is 24.7. The second-order valence-electron chi connectivity index (χ2n) is 7.06. The number of carbonyl (C=O) groups is 3. The maximum absolute atomic E-state index is 12.8. The van der Waals surface area contributed by atoms with Gasteiger partial charge in [-0.1, -0.05) is 53.5 Å². The Morgan fingerprint density at radius 1 is 1.06 bits per heavy atom. The van der Waals surface area contributed by atoms with E-state index in [4.69, 9.17) is 32.7 Å². The summed E-state index contributed by atoms with van der Waals surface area (Å²) in [7, 11) is 0. The standard InChI is InChI=1S/C24H22Cl2N2O5S/c1-3-32-24(31)20-14(2)21(22(30)27-12-15-7-5-4-6-8-15)34-23(20)28-19(29)13-33-18-10-9-16(25)11-17(18)26/h4-11H,3,12-13H2,1-2H3,(H,27,30)(H,28,29). The lowest BCUT2D eigenvalue weighted by molar-refractivity contribution is -0.118. The fraction of sp³-hybridized carbons (Fsp3) is 0.208. The van der Waals surface area contributed by atoms with Gasteiger partial charge in [-0.25, -0.2) is 4.79 Å². The molecule has 0 saturated heterocycles. The van der Waals surface area contributed by atoms with Crippen molar-refractivity contribution in [1.82, 2.24) is 5.32 Å². The van der Waals surface area contributed by atoms with Crippen molar-refractivity contribution in [3.05, 3.63) is 80.1 Å². The van der Waals surface area contributed by atoms with Gasteiger partial charge in [0.2, 0.25) is 0 Å². The molecule has 0 aliphatic rings. The van der Waals surface area contributed by atoms with E-state index in [2.05, 4.69) is 10.6 Å². The van der Waals surface area contributed by atoms with Crippen LogP contribution in [0.15, 0.2) is 48.5 Å². The van der Waals surface area contributed by atoms with Gasteiger partial charge in [0.15, 0.2) is 6.61 Å². The summed E-state index contributed by atoms with van der Waals surface area (Å²) in [5.41, 5.74) is 1.49. The highest BCUT2D eigenvalue weighted by Crippen LogP contribution is 2.34. The maximum Gasteiger partial charge on any atom is 0.341 e. The first-order chi connectivity index (χ1) is 16.3. The molecule has 1 heterocycles. The number of thiophene rings is 1. The van der Waals surface area contributed by atoms with Crippen molar-refractivity contribution in [3.63, 3.8) is 0 Å². The number of hydrogen-bond acceptors (Lipinski definition) is 6. The first-order valence-electron chi connectivity index (χ1n) is 10.3. The average Bonchev–Trinajstić information content (AvgIpc) is 3.13. The Bertz CT molecular complexity index is 1200. The van der Waals surface area contributed by atoms with Crippen molar-refractivity contribution in [2.75, 3.05) is 18.5 Å². The second kappa shape index (κ2) is 11.9. The molecule has 0 bridgehead atoms. The van der Waals surface area contributed by atoms with Gasteiger partial charge in [0, 0.05) is 11.6 Å². The molecule has 2 N–H and O–H groups in total. The zero-order valence-corrected chi connectivity index (χ0v) is 20.8. The highest BCUT2D eigenvalue weighted by atomic mass is 35.5. The molecule has 3 aromatic rings. The SMILES string of the molecule is CCOC(=O)c1c(NC(=O)COc2ccc(Cl)cc2Cl)sc(C(=O)NCc2ccccc2)c1C. The smallest absolute Gasteiger partial charge is 0.341 e. The van der Waals surface area contributed by atoms with Gasteiger partial charge < -0.3 is 20.1 Å². The fourth-order valence-electron chi connectivity index (χ4n) is 3.02. The van der Waals surface area contributed by atoms with Crippen molar-refractivity contribution in [2.24, 2.45) is 0 Å². The monoisotopic (exact) mass is 520 g/mol. The van der Waals surface area contributed by atoms with E-state index in [-0.39, 0.29) is 40.5 Å². The van der Waals surface area contributed by atoms with Gasteiger partial charge in [0.1, 0.15) is 10.8 Å². The number of hydrogen-bond donors (Lipinski definition) is 2. The highest BCUT2D eigenvalue weighted by Gasteiger charge is 2.26. The van der Waals surface area contributed by atoms with Gasteiger partial charge in [-0.15, -0.1) is 11.3 Å². The van der Waals surface area contributed by atoms with Crippen molar-refractivity contribution >= 4 is 57.3 Å². The Kier molecular flexibility index (Phi) is 8.92. The summed E-state index contributed by atoms with van der Waals surface area (Å²) < 4.78 is 10.6. The summed E-state index contributed by atoms with van der Waals surface area (Å²) in [6.45, 7) is 3.42. The third kappa shape index (κ3) is 6.50. The normalized spacial score (nSPS) is 10.5. The molecule has 0 radical (unpaired) electrons. The number of amides is 2. The minimum absolute atomic E-state index is 0.134. The number of halogens is 2. The van der Waals surface area contributed by atoms with Gasteiger partial charge >= 0.3 is 5.97 Å². The summed E-state index contributed by atoms with van der Waals surface area (Å²) in [6, 6.07) is 14.1. The van der Waals surface area contributed by atoms with Crippen LogP contribution in [0.2, 0.25) is 10.0 Å². The van der Waals surface area contributed by atoms with Crippen molar-refractivity contribution < 1.29 is 23.9 Å². The summed E-state index contributed by atoms with van der Waals surface area (Å²) in [4.78, 5) is 38.3. The molecule has 0 saturated carbocycles. The molecule has 0 unspecified atom stereocenters. The Morgan fingerprint density at radius 2 is 1.79 bits per heavy atom. The van der Waals surface area contributed by atoms with Crippen LogP contribution in [0.1, 0.15) is 38.1 Å². The van der Waals surface area contributed by atoms with Crippen LogP contribution < -0.4 is 15.4 Å². The maximum atomic E-state index is 12.8. The topological polar surface area (TPSA) is 93.7 Å². The van der Waals surface area contributed by atoms with E-state index in [1.807, 2.05) is 30.3 Å². The number of anilines is 1. The molecule has 178 valence electrons. The van der Waals surface area contributed by atoms with E-state index in [0.29, 0.717) is 22.0 Å². The van der Waals surface area contributed by atoms with Gasteiger partial charge in [-0.05, 0) is 43.2 Å². The molecule has 2 amide bonds. The van der Waals surface area contributed by atoms with Crippen molar-refractivity contribution in [1.29, 1.82) is 0 Å². The number of ether oxygens (including phenoxy) is 2. The summed E-state index contributed by atoms with van der Waals surface area (Å²) >= 11 is 12.9. The summed E-state index contributed by atoms with van der Waals surface area (Å²) in [5, 5.41) is 6.38. The van der Waals surface area contributed by atoms with Crippen LogP contribution >= 0.6 is 34.5 Å². The van der Waals surface area contributed by atoms with Crippen LogP contribution in [0, 0.1) is 6.92 Å². The molecular formula is C24H22Cl2N2O5S. The first-order valence-corrected chi connectivity index (χ1v) is 11.9. The molecule has 10 heteroatoms. The van der Waals surface area contributed by atoms with E-state index >= 15 is 0 Å². The molecule has 0 aliphatic carbocycles. The van der Waals surface area contributed by atoms with Crippen LogP contribution in [0.5, 0.6) is 5.75 Å². The van der Waals surface area contributed by atoms with Crippen LogP contribution in [-0.2, 0) is 16.1 Å². The minimum Gasteiger partial charge on any atom is -0.482 e. The Balaban J connectivity index is 1.75. The Labute approximate surface area is 211 Å². The van der Waals surface area contributed by atoms with Gasteiger partial charge in [0.05, 0.1) is 22.1 Å². The van der Waals surface area contributed by atoms with Gasteiger partial charge in [-0.3, -0.25) is 9.59 Å². The van der Waals surface area contributed by atoms with Crippen LogP contribution in [0.25, 0.3) is 0 Å². The molecule has 34 heavy (non-hydrogen) atoms. The van der Waals surface area contributed by atoms with E-state index in [0.717, 1.165) is 16.9 Å². The van der Waals surface area contributed by atoms with E-state index in [1.54, 1.807) is 26.0 Å². The number of nitrogens with one attached hydrogen (secondary N) is 2. The largest absolute Gasteiger partial charge is 0.482 e. The number of benzene rings is 2. The lowest BCUT2D eigenvalue weighted by Gasteiger charge is -2.09. The molecule has 2 aromatic carbocycles. The average molecular weight is 521 g/mol. The van der Waals surface area contributed by atoms with Crippen molar-refractivity contribution in [2.45, 2.75) is 20.4 Å². The molecule has 3 rings (SSSR count). The van der Waals surface area contributed by atoms with Crippen LogP contribution in [0.4, 0.5) is 5.00 Å². The fourth-order valence-corrected chi connectivity index (χ4v) is 4.61. The van der Waals surface area contributed by atoms with E-state index in [1.165, 1.54) is 6.07 Å². The predicted molar refractivity (Wildman–Crippen MR) is 133 cm³/mol. The Morgan fingerprint density at radius 3 is 2.47 bits per heavy atom. The Hall–Kier alpha value is -3.07. The van der Waals surface area contributed by atoms with Crippen molar-refractivity contribution in [3.8, 4) is 5.75 Å². The molecule has 0 fully saturated rings. The van der Waals surface area contributed by atoms with Crippen LogP contribution in [0.3, 0.4) is 0 Å². The molecule has 7 nitrogen and oxygen atoms in total. The molecular weight excluding hydrogens is 499 g/mol. The second-order valence-corrected chi connectivity index (χ2v) is 8.92. The van der Waals surface area contributed by atoms with Gasteiger partial charge in [0.25, 0.3) is 11.8 Å². The molecule has 0 spiro atoms. The molecule has 0 aliphatic heterocycles. The predicted octanol–water partition coefficient (Wildman–Crippen LogP) is 5.49. The van der Waals surface area contributed by atoms with E-state index < -0.39 is 11.9 Å². The minimum atomic E-state index is -0.629. The van der Waals surface area contributed by atoms with Gasteiger partial charge in [-0.2, -0.15) is 0 Å². The van der Waals surface area contributed by atoms with E-state index in [9.17, 15) is 14.4 Å². The lowest BCUT2D eigenvalue weighted by Crippen LogP contribution is -2.22. The zero-order valence-electron chi connectivity index (χ0n) is 18.4. The number of carbonyl (C=O) groups excluding carboxylic acids is 3. The third-order valence-electron chi connectivity index (χ3n) is 4.63. The summed E-state index contributed by atoms with van der Waals surface area (Å²) in [6.07, 6.45) is 0. The molecule has 0 atom stereocenters. The third-order valence-corrected chi connectivity index (χ3v) is 6.37. The summed E-state index contributed by atoms with van der Waals surface area (Å²) in [5.74, 6) is -1.24. The number of esters is 1.